The predicted octanol–water partition coefficient (Wildman–Crippen LogP) is 5.07. The van der Waals surface area contributed by atoms with Gasteiger partial charge in [0.2, 0.25) is 0 Å². The molecule has 2 aromatic carbocycles. The van der Waals surface area contributed by atoms with Gasteiger partial charge in [-0.2, -0.15) is 0 Å². The molecular weight excluding hydrogens is 346 g/mol. The highest BCUT2D eigenvalue weighted by Gasteiger charge is 2.23. The first-order valence-corrected chi connectivity index (χ1v) is 10.5. The molecule has 1 aliphatic heterocycles. The molecule has 0 spiro atoms. The molecule has 2 fully saturated rings. The number of ether oxygens (including phenoxy) is 1. The minimum absolute atomic E-state index is 0.0503. The van der Waals surface area contributed by atoms with E-state index in [2.05, 4.69) is 65.6 Å². The van der Waals surface area contributed by atoms with E-state index in [4.69, 9.17) is 4.74 Å². The zero-order valence-electron chi connectivity index (χ0n) is 16.5. The van der Waals surface area contributed by atoms with Crippen LogP contribution in [0.5, 0.6) is 0 Å². The Morgan fingerprint density at radius 3 is 1.93 bits per heavy atom. The number of hydrogen-bond acceptors (Lipinski definition) is 3. The summed E-state index contributed by atoms with van der Waals surface area (Å²) in [5, 5.41) is 0. The van der Waals surface area contributed by atoms with Gasteiger partial charge >= 0.3 is 5.97 Å². The summed E-state index contributed by atoms with van der Waals surface area (Å²) in [6.07, 6.45) is 6.61. The molecular formula is C25H29NO2. The number of nitrogens with zero attached hydrogens (tertiary/aromatic N) is 1. The Hall–Kier alpha value is -2.39. The monoisotopic (exact) mass is 375 g/mol. The summed E-state index contributed by atoms with van der Waals surface area (Å²) in [7, 11) is 0. The summed E-state index contributed by atoms with van der Waals surface area (Å²) in [6.45, 7) is 2.26. The summed E-state index contributed by atoms with van der Waals surface area (Å²) >= 11 is 0. The fourth-order valence-electron chi connectivity index (χ4n) is 4.43. The highest BCUT2D eigenvalue weighted by atomic mass is 16.5. The van der Waals surface area contributed by atoms with Gasteiger partial charge < -0.3 is 4.74 Å². The second-order valence-corrected chi connectivity index (χ2v) is 7.88. The lowest BCUT2D eigenvalue weighted by Crippen LogP contribution is -2.37. The molecule has 0 bridgehead atoms. The number of piperidine rings is 1. The fraction of sp³-hybridized carbons (Fsp3) is 0.400. The molecule has 1 saturated heterocycles. The van der Waals surface area contributed by atoms with E-state index in [0.29, 0.717) is 6.54 Å². The normalized spacial score (nSPS) is 18.2. The van der Waals surface area contributed by atoms with Crippen LogP contribution >= 0.6 is 0 Å². The largest absolute Gasteiger partial charge is 0.461 e. The standard InChI is InChI=1S/C25H29NO2/c27-24(28-23-13-7-8-14-23)19-26-17-15-22(16-18-26)25(20-9-3-1-4-10-20)21-11-5-2-6-12-21/h1-6,9-12,23H,7-8,13-19H2. The van der Waals surface area contributed by atoms with Crippen LogP contribution in [0.4, 0.5) is 0 Å². The number of carbonyl (C=O) groups excluding carboxylic acids is 1. The van der Waals surface area contributed by atoms with Crippen LogP contribution in [0.1, 0.15) is 49.7 Å². The fourth-order valence-corrected chi connectivity index (χ4v) is 4.43. The molecule has 4 rings (SSSR count). The van der Waals surface area contributed by atoms with Crippen LogP contribution in [0.15, 0.2) is 66.2 Å². The number of carbonyl (C=O) groups is 1. The van der Waals surface area contributed by atoms with Crippen LogP contribution in [0.3, 0.4) is 0 Å². The van der Waals surface area contributed by atoms with E-state index in [1.54, 1.807) is 0 Å². The maximum absolute atomic E-state index is 12.2. The zero-order chi connectivity index (χ0) is 19.2. The third-order valence-corrected chi connectivity index (χ3v) is 5.89. The number of benzene rings is 2. The van der Waals surface area contributed by atoms with Crippen molar-refractivity contribution >= 4 is 11.5 Å². The third-order valence-electron chi connectivity index (χ3n) is 5.89. The summed E-state index contributed by atoms with van der Waals surface area (Å²) in [6, 6.07) is 21.3. The van der Waals surface area contributed by atoms with Gasteiger partial charge in [-0.3, -0.25) is 9.69 Å². The van der Waals surface area contributed by atoms with Crippen molar-refractivity contribution in [3.8, 4) is 0 Å². The molecule has 0 aromatic heterocycles. The first-order chi connectivity index (χ1) is 13.8. The number of rotatable bonds is 5. The van der Waals surface area contributed by atoms with Crippen molar-refractivity contribution in [3.05, 3.63) is 77.4 Å². The Bertz CT molecular complexity index is 755. The quantitative estimate of drug-likeness (QED) is 0.683. The highest BCUT2D eigenvalue weighted by molar-refractivity contribution is 5.82. The smallest absolute Gasteiger partial charge is 0.320 e. The third kappa shape index (κ3) is 4.71. The van der Waals surface area contributed by atoms with Crippen molar-refractivity contribution < 1.29 is 9.53 Å². The van der Waals surface area contributed by atoms with Crippen molar-refractivity contribution in [2.75, 3.05) is 19.6 Å². The minimum Gasteiger partial charge on any atom is -0.461 e. The molecule has 0 amide bonds. The van der Waals surface area contributed by atoms with Crippen molar-refractivity contribution in [1.29, 1.82) is 0 Å². The van der Waals surface area contributed by atoms with Crippen LogP contribution < -0.4 is 0 Å². The first kappa shape index (κ1) is 18.9. The lowest BCUT2D eigenvalue weighted by atomic mass is 9.88. The van der Waals surface area contributed by atoms with Gasteiger partial charge in [-0.05, 0) is 55.2 Å². The Kier molecular flexibility index (Phi) is 6.23. The Balaban J connectivity index is 1.44. The van der Waals surface area contributed by atoms with E-state index >= 15 is 0 Å². The molecule has 1 saturated carbocycles. The van der Waals surface area contributed by atoms with Gasteiger partial charge in [0.25, 0.3) is 0 Å². The van der Waals surface area contributed by atoms with Crippen LogP contribution in [-0.4, -0.2) is 36.6 Å². The lowest BCUT2D eigenvalue weighted by Gasteiger charge is -2.29. The maximum atomic E-state index is 12.2. The molecule has 3 nitrogen and oxygen atoms in total. The summed E-state index contributed by atoms with van der Waals surface area (Å²) in [5.41, 5.74) is 5.39. The van der Waals surface area contributed by atoms with Crippen LogP contribution in [-0.2, 0) is 9.53 Å². The van der Waals surface area contributed by atoms with Gasteiger partial charge in [0.15, 0.2) is 0 Å². The molecule has 1 heterocycles. The number of likely N-dealkylation sites (tertiary alicyclic amines) is 1. The number of hydrogen-bond donors (Lipinski definition) is 0. The molecule has 1 aliphatic carbocycles. The second kappa shape index (κ2) is 9.20. The lowest BCUT2D eigenvalue weighted by molar-refractivity contribution is -0.150. The summed E-state index contributed by atoms with van der Waals surface area (Å²) in [4.78, 5) is 14.5. The van der Waals surface area contributed by atoms with E-state index in [9.17, 15) is 4.79 Å². The van der Waals surface area contributed by atoms with Crippen LogP contribution in [0.2, 0.25) is 0 Å². The van der Waals surface area contributed by atoms with Crippen LogP contribution in [0, 0.1) is 0 Å². The van der Waals surface area contributed by atoms with Gasteiger partial charge in [0, 0.05) is 13.1 Å². The van der Waals surface area contributed by atoms with Crippen molar-refractivity contribution in [2.24, 2.45) is 0 Å². The van der Waals surface area contributed by atoms with Gasteiger partial charge in [-0.15, -0.1) is 0 Å². The van der Waals surface area contributed by atoms with E-state index in [-0.39, 0.29) is 12.1 Å². The van der Waals surface area contributed by atoms with Crippen LogP contribution in [0.25, 0.3) is 5.57 Å². The van der Waals surface area contributed by atoms with Gasteiger partial charge in [-0.1, -0.05) is 66.2 Å². The highest BCUT2D eigenvalue weighted by Crippen LogP contribution is 2.32. The maximum Gasteiger partial charge on any atom is 0.320 e. The molecule has 0 unspecified atom stereocenters. The Labute approximate surface area is 168 Å². The van der Waals surface area contributed by atoms with E-state index in [1.165, 1.54) is 35.1 Å². The van der Waals surface area contributed by atoms with Gasteiger partial charge in [0.05, 0.1) is 6.54 Å². The predicted molar refractivity (Wildman–Crippen MR) is 113 cm³/mol. The Morgan fingerprint density at radius 1 is 0.857 bits per heavy atom. The van der Waals surface area contributed by atoms with E-state index in [0.717, 1.165) is 38.8 Å². The molecule has 0 radical (unpaired) electrons. The first-order valence-electron chi connectivity index (χ1n) is 10.5. The van der Waals surface area contributed by atoms with Crippen molar-refractivity contribution in [2.45, 2.75) is 44.6 Å². The van der Waals surface area contributed by atoms with Crippen molar-refractivity contribution in [1.82, 2.24) is 4.90 Å². The average molecular weight is 376 g/mol. The van der Waals surface area contributed by atoms with E-state index < -0.39 is 0 Å². The Morgan fingerprint density at radius 2 is 1.39 bits per heavy atom. The summed E-state index contributed by atoms with van der Waals surface area (Å²) < 4.78 is 5.63. The molecule has 28 heavy (non-hydrogen) atoms. The molecule has 2 aliphatic rings. The molecule has 0 N–H and O–H groups in total. The zero-order valence-corrected chi connectivity index (χ0v) is 16.5. The molecule has 3 heteroatoms. The number of esters is 1. The molecule has 2 aromatic rings. The molecule has 0 atom stereocenters. The summed E-state index contributed by atoms with van der Waals surface area (Å²) in [5.74, 6) is -0.0503. The SMILES string of the molecule is O=C(CN1CCC(=C(c2ccccc2)c2ccccc2)CC1)OC1CCCC1. The second-order valence-electron chi connectivity index (χ2n) is 7.88. The van der Waals surface area contributed by atoms with E-state index in [1.807, 2.05) is 0 Å². The molecule has 146 valence electrons. The van der Waals surface area contributed by atoms with Crippen molar-refractivity contribution in [3.63, 3.8) is 0 Å². The van der Waals surface area contributed by atoms with Gasteiger partial charge in [-0.25, -0.2) is 0 Å². The average Bonchev–Trinajstić information content (AvgIpc) is 3.24. The van der Waals surface area contributed by atoms with Gasteiger partial charge in [0.1, 0.15) is 6.10 Å². The minimum atomic E-state index is -0.0503. The topological polar surface area (TPSA) is 29.5 Å².